The van der Waals surface area contributed by atoms with Crippen molar-refractivity contribution < 1.29 is 22.7 Å². The van der Waals surface area contributed by atoms with Crippen LogP contribution >= 0.6 is 15.9 Å². The third-order valence-electron chi connectivity index (χ3n) is 7.52. The molecule has 1 atom stereocenters. The number of hydrogen-bond acceptors (Lipinski definition) is 5. The number of benzene rings is 3. The molecule has 1 N–H and O–H groups in total. The molecule has 1 fully saturated rings. The number of hydrogen-bond donors (Lipinski definition) is 1. The number of ether oxygens (including phenoxy) is 1. The first-order valence-corrected chi connectivity index (χ1v) is 16.7. The van der Waals surface area contributed by atoms with Crippen LogP contribution in [0, 0.1) is 6.92 Å². The molecule has 0 bridgehead atoms. The summed E-state index contributed by atoms with van der Waals surface area (Å²) in [6.45, 7) is 1.48. The summed E-state index contributed by atoms with van der Waals surface area (Å²) in [4.78, 5) is 29.7. The second-order valence-electron chi connectivity index (χ2n) is 10.8. The van der Waals surface area contributed by atoms with E-state index in [-0.39, 0.29) is 30.6 Å². The van der Waals surface area contributed by atoms with E-state index in [2.05, 4.69) is 21.2 Å². The van der Waals surface area contributed by atoms with Crippen LogP contribution in [0.5, 0.6) is 5.75 Å². The lowest BCUT2D eigenvalue weighted by atomic mass is 10.0. The zero-order valence-corrected chi connectivity index (χ0v) is 26.7. The van der Waals surface area contributed by atoms with Crippen molar-refractivity contribution in [1.29, 1.82) is 0 Å². The highest BCUT2D eigenvalue weighted by Crippen LogP contribution is 2.31. The average Bonchev–Trinajstić information content (AvgIpc) is 3.47. The van der Waals surface area contributed by atoms with Gasteiger partial charge in [0.25, 0.3) is 0 Å². The summed E-state index contributed by atoms with van der Waals surface area (Å²) in [7, 11) is -2.44. The topological polar surface area (TPSA) is 96.0 Å². The molecule has 1 aliphatic rings. The van der Waals surface area contributed by atoms with Gasteiger partial charge in [-0.25, -0.2) is 8.42 Å². The van der Waals surface area contributed by atoms with E-state index in [4.69, 9.17) is 4.74 Å². The molecule has 3 aromatic carbocycles. The minimum atomic E-state index is -3.90. The molecular formula is C32H38BrN3O5S. The summed E-state index contributed by atoms with van der Waals surface area (Å²) < 4.78 is 33.6. The van der Waals surface area contributed by atoms with Gasteiger partial charge >= 0.3 is 0 Å². The molecule has 0 saturated heterocycles. The molecule has 4 rings (SSSR count). The monoisotopic (exact) mass is 655 g/mol. The first-order valence-electron chi connectivity index (χ1n) is 14.1. The molecule has 1 aliphatic carbocycles. The second kappa shape index (κ2) is 14.2. The van der Waals surface area contributed by atoms with E-state index in [9.17, 15) is 18.0 Å². The highest BCUT2D eigenvalue weighted by Gasteiger charge is 2.34. The number of aryl methyl sites for hydroxylation is 1. The third kappa shape index (κ3) is 8.35. The maximum atomic E-state index is 14.3. The molecule has 224 valence electrons. The minimum absolute atomic E-state index is 0.0597. The summed E-state index contributed by atoms with van der Waals surface area (Å²) in [5.41, 5.74) is 2.80. The number of amides is 2. The first kappa shape index (κ1) is 31.6. The van der Waals surface area contributed by atoms with Crippen LogP contribution in [0.25, 0.3) is 0 Å². The van der Waals surface area contributed by atoms with Crippen molar-refractivity contribution in [2.75, 3.05) is 24.2 Å². The van der Waals surface area contributed by atoms with Crippen molar-refractivity contribution in [2.24, 2.45) is 0 Å². The lowest BCUT2D eigenvalue weighted by molar-refractivity contribution is -0.140. The Hall–Kier alpha value is -3.37. The predicted octanol–water partition coefficient (Wildman–Crippen LogP) is 5.23. The summed E-state index contributed by atoms with van der Waals surface area (Å²) in [6, 6.07) is 21.5. The molecule has 3 aromatic rings. The number of nitrogens with zero attached hydrogens (tertiary/aromatic N) is 2. The van der Waals surface area contributed by atoms with E-state index in [0.717, 1.165) is 57.4 Å². The Morgan fingerprint density at radius 3 is 2.29 bits per heavy atom. The normalized spacial score (nSPS) is 14.3. The quantitative estimate of drug-likeness (QED) is 0.288. The number of methoxy groups -OCH3 is 1. The lowest BCUT2D eigenvalue weighted by Crippen LogP contribution is -2.54. The Morgan fingerprint density at radius 1 is 1.00 bits per heavy atom. The largest absolute Gasteiger partial charge is 0.495 e. The van der Waals surface area contributed by atoms with E-state index in [1.165, 1.54) is 12.0 Å². The van der Waals surface area contributed by atoms with Gasteiger partial charge in [-0.15, -0.1) is 0 Å². The van der Waals surface area contributed by atoms with Crippen molar-refractivity contribution in [3.8, 4) is 5.75 Å². The summed E-state index contributed by atoms with van der Waals surface area (Å²) in [6.07, 6.45) is 5.26. The number of carbonyl (C=O) groups is 2. The SMILES string of the molecule is COc1ccc(C)cc1N(CC(=O)N(Cc1ccc(Br)cc1)[C@@H](Cc1ccccc1)C(=O)NC1CCCC1)S(C)(=O)=O. The number of rotatable bonds is 12. The molecule has 1 saturated carbocycles. The Labute approximate surface area is 257 Å². The van der Waals surface area contributed by atoms with Crippen molar-refractivity contribution >= 4 is 43.5 Å². The molecule has 0 heterocycles. The minimum Gasteiger partial charge on any atom is -0.495 e. The molecule has 42 heavy (non-hydrogen) atoms. The van der Waals surface area contributed by atoms with Gasteiger partial charge < -0.3 is 15.0 Å². The Balaban J connectivity index is 1.75. The molecule has 10 heteroatoms. The van der Waals surface area contributed by atoms with E-state index < -0.39 is 28.5 Å². The first-order chi connectivity index (χ1) is 20.0. The predicted molar refractivity (Wildman–Crippen MR) is 169 cm³/mol. The molecule has 0 unspecified atom stereocenters. The smallest absolute Gasteiger partial charge is 0.244 e. The molecule has 0 spiro atoms. The third-order valence-corrected chi connectivity index (χ3v) is 9.18. The van der Waals surface area contributed by atoms with Crippen LogP contribution in [0.15, 0.2) is 77.3 Å². The van der Waals surface area contributed by atoms with Gasteiger partial charge in [0.1, 0.15) is 18.3 Å². The van der Waals surface area contributed by atoms with Gasteiger partial charge in [-0.1, -0.05) is 77.3 Å². The van der Waals surface area contributed by atoms with Gasteiger partial charge in [-0.3, -0.25) is 13.9 Å². The molecule has 0 aliphatic heterocycles. The summed E-state index contributed by atoms with van der Waals surface area (Å²) >= 11 is 3.46. The molecule has 2 amide bonds. The number of carbonyl (C=O) groups excluding carboxylic acids is 2. The van der Waals surface area contributed by atoms with E-state index in [0.29, 0.717) is 5.75 Å². The average molecular weight is 657 g/mol. The maximum Gasteiger partial charge on any atom is 0.244 e. The zero-order valence-electron chi connectivity index (χ0n) is 24.3. The molecular weight excluding hydrogens is 618 g/mol. The van der Waals surface area contributed by atoms with Crippen molar-refractivity contribution in [3.05, 3.63) is 94.0 Å². The number of nitrogens with one attached hydrogen (secondary N) is 1. The van der Waals surface area contributed by atoms with Crippen molar-refractivity contribution in [2.45, 2.75) is 57.7 Å². The number of anilines is 1. The second-order valence-corrected chi connectivity index (χ2v) is 13.6. The van der Waals surface area contributed by atoms with Crippen LogP contribution in [0.4, 0.5) is 5.69 Å². The highest BCUT2D eigenvalue weighted by atomic mass is 79.9. The Morgan fingerprint density at radius 2 is 1.67 bits per heavy atom. The van der Waals surface area contributed by atoms with Crippen LogP contribution in [0.1, 0.15) is 42.4 Å². The number of sulfonamides is 1. The van der Waals surface area contributed by atoms with Gasteiger partial charge in [0.2, 0.25) is 21.8 Å². The fraction of sp³-hybridized carbons (Fsp3) is 0.375. The van der Waals surface area contributed by atoms with Crippen molar-refractivity contribution in [1.82, 2.24) is 10.2 Å². The fourth-order valence-corrected chi connectivity index (χ4v) is 6.41. The van der Waals surface area contributed by atoms with Crippen LogP contribution in [-0.4, -0.2) is 57.1 Å². The van der Waals surface area contributed by atoms with Crippen LogP contribution < -0.4 is 14.4 Å². The van der Waals surface area contributed by atoms with E-state index in [1.54, 1.807) is 12.1 Å². The van der Waals surface area contributed by atoms with E-state index >= 15 is 0 Å². The van der Waals surface area contributed by atoms with Gasteiger partial charge in [-0.2, -0.15) is 0 Å². The van der Waals surface area contributed by atoms with Gasteiger partial charge in [0, 0.05) is 23.5 Å². The van der Waals surface area contributed by atoms with Gasteiger partial charge in [0.15, 0.2) is 0 Å². The summed E-state index contributed by atoms with van der Waals surface area (Å²) in [5.74, 6) is -0.400. The lowest BCUT2D eigenvalue weighted by Gasteiger charge is -2.34. The Bertz CT molecular complexity index is 1480. The number of halogens is 1. The zero-order chi connectivity index (χ0) is 30.3. The van der Waals surface area contributed by atoms with Gasteiger partial charge in [-0.05, 0) is 60.7 Å². The van der Waals surface area contributed by atoms with E-state index in [1.807, 2.05) is 67.6 Å². The van der Waals surface area contributed by atoms with Crippen molar-refractivity contribution in [3.63, 3.8) is 0 Å². The van der Waals surface area contributed by atoms with Crippen LogP contribution in [-0.2, 0) is 32.6 Å². The standard InChI is InChI=1S/C32H38BrN3O5S/c1-23-13-18-30(41-2)28(19-23)36(42(3,39)40)22-31(37)35(21-25-14-16-26(33)17-15-25)29(20-24-9-5-4-6-10-24)32(38)34-27-11-7-8-12-27/h4-6,9-10,13-19,27,29H,7-8,11-12,20-22H2,1-3H3,(H,34,38)/t29-/m0/s1. The molecule has 0 radical (unpaired) electrons. The van der Waals surface area contributed by atoms with Crippen LogP contribution in [0.2, 0.25) is 0 Å². The molecule has 0 aromatic heterocycles. The highest BCUT2D eigenvalue weighted by molar-refractivity contribution is 9.10. The molecule has 8 nitrogen and oxygen atoms in total. The fourth-order valence-electron chi connectivity index (χ4n) is 5.30. The summed E-state index contributed by atoms with van der Waals surface area (Å²) in [5, 5.41) is 3.18. The Kier molecular flexibility index (Phi) is 10.7. The van der Waals surface area contributed by atoms with Crippen LogP contribution in [0.3, 0.4) is 0 Å². The van der Waals surface area contributed by atoms with Gasteiger partial charge in [0.05, 0.1) is 19.1 Å². The maximum absolute atomic E-state index is 14.3.